The summed E-state index contributed by atoms with van der Waals surface area (Å²) in [6, 6.07) is 0. The van der Waals surface area contributed by atoms with Crippen LogP contribution in [0.15, 0.2) is 0 Å². The van der Waals surface area contributed by atoms with Crippen molar-refractivity contribution in [3.05, 3.63) is 11.5 Å². The van der Waals surface area contributed by atoms with Gasteiger partial charge in [-0.25, -0.2) is 4.98 Å². The zero-order valence-electron chi connectivity index (χ0n) is 11.7. The van der Waals surface area contributed by atoms with Gasteiger partial charge >= 0.3 is 0 Å². The van der Waals surface area contributed by atoms with Crippen LogP contribution in [0, 0.1) is 5.92 Å². The Hall–Kier alpha value is -0.990. The molecule has 0 saturated heterocycles. The van der Waals surface area contributed by atoms with Gasteiger partial charge in [0.25, 0.3) is 0 Å². The van der Waals surface area contributed by atoms with Gasteiger partial charge in [0.15, 0.2) is 0 Å². The predicted octanol–water partition coefficient (Wildman–Crippen LogP) is 3.66. The second kappa shape index (κ2) is 4.60. The first-order chi connectivity index (χ1) is 8.70. The fourth-order valence-corrected chi connectivity index (χ4v) is 3.32. The fourth-order valence-electron chi connectivity index (χ4n) is 3.32. The normalized spacial score (nSPS) is 28.6. The maximum absolute atomic E-state index is 6.35. The first-order valence-electron chi connectivity index (χ1n) is 7.56. The summed E-state index contributed by atoms with van der Waals surface area (Å²) >= 11 is 0. The Morgan fingerprint density at radius 3 is 2.28 bits per heavy atom. The summed E-state index contributed by atoms with van der Waals surface area (Å²) in [5.41, 5.74) is 7.56. The second-order valence-electron chi connectivity index (χ2n) is 6.22. The molecule has 3 rings (SSSR count). The Balaban J connectivity index is 1.87. The molecule has 18 heavy (non-hydrogen) atoms. The van der Waals surface area contributed by atoms with Crippen LogP contribution in [0.5, 0.6) is 0 Å². The summed E-state index contributed by atoms with van der Waals surface area (Å²) < 4.78 is 2.25. The number of hydrogen-bond acceptors (Lipinski definition) is 2. The molecule has 2 fully saturated rings. The first-order valence-corrected chi connectivity index (χ1v) is 7.56. The van der Waals surface area contributed by atoms with Crippen molar-refractivity contribution in [2.45, 2.75) is 70.8 Å². The lowest BCUT2D eigenvalue weighted by molar-refractivity contribution is 0.345. The third kappa shape index (κ3) is 2.04. The first kappa shape index (κ1) is 12.1. The number of aromatic nitrogens is 2. The molecule has 2 saturated carbocycles. The van der Waals surface area contributed by atoms with Gasteiger partial charge in [0.05, 0.1) is 5.69 Å². The van der Waals surface area contributed by atoms with E-state index in [-0.39, 0.29) is 0 Å². The number of nitrogens with zero attached hydrogens (tertiary/aromatic N) is 2. The van der Waals surface area contributed by atoms with Crippen molar-refractivity contribution in [1.82, 2.24) is 9.55 Å². The van der Waals surface area contributed by atoms with Crippen molar-refractivity contribution in [2.24, 2.45) is 5.92 Å². The van der Waals surface area contributed by atoms with Crippen LogP contribution in [0.2, 0.25) is 0 Å². The third-order valence-corrected chi connectivity index (χ3v) is 4.73. The number of nitrogen functional groups attached to an aromatic ring is 1. The molecule has 1 heterocycles. The van der Waals surface area contributed by atoms with Crippen LogP contribution in [-0.2, 0) is 6.54 Å². The van der Waals surface area contributed by atoms with Crippen molar-refractivity contribution in [1.29, 1.82) is 0 Å². The van der Waals surface area contributed by atoms with E-state index >= 15 is 0 Å². The minimum Gasteiger partial charge on any atom is -0.384 e. The molecular formula is C15H25N3. The van der Waals surface area contributed by atoms with Gasteiger partial charge in [-0.15, -0.1) is 0 Å². The van der Waals surface area contributed by atoms with Crippen molar-refractivity contribution >= 4 is 5.82 Å². The maximum Gasteiger partial charge on any atom is 0.127 e. The standard InChI is InChI=1S/C15H25N3/c1-3-18-14(16)13(17-15(18)12-8-9-12)11-6-4-10(2)5-7-11/h10-12H,3-9,16H2,1-2H3. The van der Waals surface area contributed by atoms with Crippen molar-refractivity contribution in [3.63, 3.8) is 0 Å². The van der Waals surface area contributed by atoms with Crippen molar-refractivity contribution in [3.8, 4) is 0 Å². The smallest absolute Gasteiger partial charge is 0.127 e. The van der Waals surface area contributed by atoms with Crippen LogP contribution in [0.1, 0.15) is 75.7 Å². The maximum atomic E-state index is 6.35. The molecule has 0 unspecified atom stereocenters. The van der Waals surface area contributed by atoms with Crippen LogP contribution in [0.4, 0.5) is 5.82 Å². The Morgan fingerprint density at radius 1 is 1.11 bits per heavy atom. The van der Waals surface area contributed by atoms with E-state index in [1.165, 1.54) is 50.0 Å². The van der Waals surface area contributed by atoms with Crippen LogP contribution in [0.3, 0.4) is 0 Å². The van der Waals surface area contributed by atoms with Crippen molar-refractivity contribution in [2.75, 3.05) is 5.73 Å². The van der Waals surface area contributed by atoms with E-state index < -0.39 is 0 Å². The molecule has 1 aromatic heterocycles. The zero-order valence-corrected chi connectivity index (χ0v) is 11.7. The largest absolute Gasteiger partial charge is 0.384 e. The molecule has 0 spiro atoms. The summed E-state index contributed by atoms with van der Waals surface area (Å²) in [5, 5.41) is 0. The van der Waals surface area contributed by atoms with Gasteiger partial charge in [-0.05, 0) is 38.5 Å². The molecule has 0 amide bonds. The number of imidazole rings is 1. The van der Waals surface area contributed by atoms with E-state index in [1.807, 2.05) is 0 Å². The Morgan fingerprint density at radius 2 is 1.72 bits per heavy atom. The number of anilines is 1. The van der Waals surface area contributed by atoms with Gasteiger partial charge in [0.1, 0.15) is 11.6 Å². The molecule has 2 aliphatic carbocycles. The summed E-state index contributed by atoms with van der Waals surface area (Å²) in [6.07, 6.45) is 7.82. The number of nitrogens with two attached hydrogens (primary N) is 1. The van der Waals surface area contributed by atoms with Crippen LogP contribution in [0.25, 0.3) is 0 Å². The summed E-state index contributed by atoms with van der Waals surface area (Å²) in [4.78, 5) is 4.93. The summed E-state index contributed by atoms with van der Waals surface area (Å²) in [7, 11) is 0. The lowest BCUT2D eigenvalue weighted by Gasteiger charge is -2.25. The van der Waals surface area contributed by atoms with E-state index in [4.69, 9.17) is 10.7 Å². The van der Waals surface area contributed by atoms with Gasteiger partial charge in [-0.2, -0.15) is 0 Å². The van der Waals surface area contributed by atoms with Gasteiger partial charge < -0.3 is 10.3 Å². The fraction of sp³-hybridized carbons (Fsp3) is 0.800. The molecule has 0 aliphatic heterocycles. The molecule has 0 radical (unpaired) electrons. The highest BCUT2D eigenvalue weighted by Crippen LogP contribution is 2.43. The topological polar surface area (TPSA) is 43.8 Å². The monoisotopic (exact) mass is 247 g/mol. The lowest BCUT2D eigenvalue weighted by atomic mass is 9.81. The van der Waals surface area contributed by atoms with E-state index in [1.54, 1.807) is 0 Å². The van der Waals surface area contributed by atoms with E-state index in [9.17, 15) is 0 Å². The molecule has 100 valence electrons. The van der Waals surface area contributed by atoms with Crippen molar-refractivity contribution < 1.29 is 0 Å². The van der Waals surface area contributed by atoms with Crippen LogP contribution >= 0.6 is 0 Å². The third-order valence-electron chi connectivity index (χ3n) is 4.73. The average Bonchev–Trinajstić information content (AvgIpc) is 3.15. The number of rotatable bonds is 3. The minimum atomic E-state index is 0.617. The molecule has 2 aliphatic rings. The van der Waals surface area contributed by atoms with E-state index in [2.05, 4.69) is 18.4 Å². The van der Waals surface area contributed by atoms with Gasteiger partial charge in [-0.3, -0.25) is 0 Å². The highest BCUT2D eigenvalue weighted by molar-refractivity contribution is 5.42. The highest BCUT2D eigenvalue weighted by Gasteiger charge is 2.32. The molecule has 3 heteroatoms. The zero-order chi connectivity index (χ0) is 12.7. The molecule has 3 nitrogen and oxygen atoms in total. The molecular weight excluding hydrogens is 222 g/mol. The Labute approximate surface area is 110 Å². The number of hydrogen-bond donors (Lipinski definition) is 1. The average molecular weight is 247 g/mol. The van der Waals surface area contributed by atoms with Gasteiger partial charge in [0, 0.05) is 18.4 Å². The second-order valence-corrected chi connectivity index (χ2v) is 6.22. The van der Waals surface area contributed by atoms with E-state index in [0.29, 0.717) is 11.8 Å². The Bertz CT molecular complexity index is 423. The minimum absolute atomic E-state index is 0.617. The van der Waals surface area contributed by atoms with E-state index in [0.717, 1.165) is 18.3 Å². The molecule has 0 atom stereocenters. The Kier molecular flexibility index (Phi) is 3.08. The summed E-state index contributed by atoms with van der Waals surface area (Å²) in [6.45, 7) is 5.50. The highest BCUT2D eigenvalue weighted by atomic mass is 15.1. The van der Waals surface area contributed by atoms with Crippen LogP contribution in [-0.4, -0.2) is 9.55 Å². The molecule has 1 aromatic rings. The van der Waals surface area contributed by atoms with Gasteiger partial charge in [0.2, 0.25) is 0 Å². The quantitative estimate of drug-likeness (QED) is 0.886. The molecule has 2 N–H and O–H groups in total. The van der Waals surface area contributed by atoms with Crippen LogP contribution < -0.4 is 5.73 Å². The lowest BCUT2D eigenvalue weighted by Crippen LogP contribution is -2.13. The van der Waals surface area contributed by atoms with Gasteiger partial charge in [-0.1, -0.05) is 19.8 Å². The molecule has 0 bridgehead atoms. The summed E-state index contributed by atoms with van der Waals surface area (Å²) in [5.74, 6) is 4.43. The SMILES string of the molecule is CCn1c(C2CC2)nc(C2CCC(C)CC2)c1N. The molecule has 0 aromatic carbocycles. The predicted molar refractivity (Wildman–Crippen MR) is 74.7 cm³/mol.